The van der Waals surface area contributed by atoms with E-state index >= 15 is 0 Å². The van der Waals surface area contributed by atoms with E-state index in [0.29, 0.717) is 56.6 Å². The Morgan fingerprint density at radius 3 is 2.47 bits per heavy atom. The van der Waals surface area contributed by atoms with Crippen LogP contribution in [0.2, 0.25) is 0 Å². The van der Waals surface area contributed by atoms with Crippen molar-refractivity contribution >= 4 is 23.4 Å². The van der Waals surface area contributed by atoms with Gasteiger partial charge in [-0.25, -0.2) is 9.79 Å². The summed E-state index contributed by atoms with van der Waals surface area (Å²) in [6.45, 7) is 13.8. The maximum absolute atomic E-state index is 14.1. The zero-order valence-electron chi connectivity index (χ0n) is 25.7. The molecule has 0 bridgehead atoms. The molecule has 1 atom stereocenters. The number of nitrogens with zero attached hydrogens (tertiary/aromatic N) is 2. The summed E-state index contributed by atoms with van der Waals surface area (Å²) in [7, 11) is 3.13. The molecule has 1 aromatic heterocycles. The fourth-order valence-electron chi connectivity index (χ4n) is 5.00. The van der Waals surface area contributed by atoms with E-state index in [1.165, 1.54) is 11.3 Å². The van der Waals surface area contributed by atoms with Crippen LogP contribution in [0.25, 0.3) is 6.08 Å². The van der Waals surface area contributed by atoms with Crippen LogP contribution in [0.5, 0.6) is 23.0 Å². The van der Waals surface area contributed by atoms with Crippen LogP contribution in [0.4, 0.5) is 0 Å². The Kier molecular flexibility index (Phi) is 10.1. The lowest BCUT2D eigenvalue weighted by Crippen LogP contribution is -2.40. The number of ether oxygens (including phenoxy) is 5. The van der Waals surface area contributed by atoms with Crippen LogP contribution in [0.1, 0.15) is 57.4 Å². The number of hydrogen-bond donors (Lipinski definition) is 0. The predicted octanol–water partition coefficient (Wildman–Crippen LogP) is 4.73. The highest BCUT2D eigenvalue weighted by atomic mass is 32.1. The summed E-state index contributed by atoms with van der Waals surface area (Å²) >= 11 is 1.25. The van der Waals surface area contributed by atoms with Crippen molar-refractivity contribution in [3.05, 3.63) is 90.6 Å². The number of methoxy groups -OCH3 is 2. The van der Waals surface area contributed by atoms with E-state index in [1.807, 2.05) is 39.0 Å². The van der Waals surface area contributed by atoms with Gasteiger partial charge in [0.05, 0.1) is 55.4 Å². The fourth-order valence-corrected chi connectivity index (χ4v) is 6.04. The zero-order valence-corrected chi connectivity index (χ0v) is 26.5. The molecule has 43 heavy (non-hydrogen) atoms. The summed E-state index contributed by atoms with van der Waals surface area (Å²) in [5, 5.41) is 0. The largest absolute Gasteiger partial charge is 0.493 e. The molecular weight excluding hydrogens is 568 g/mol. The van der Waals surface area contributed by atoms with Gasteiger partial charge in [-0.1, -0.05) is 23.5 Å². The van der Waals surface area contributed by atoms with Crippen LogP contribution in [0.15, 0.2) is 64.0 Å². The minimum Gasteiger partial charge on any atom is -0.493 e. The molecule has 0 saturated carbocycles. The van der Waals surface area contributed by atoms with Gasteiger partial charge in [-0.3, -0.25) is 9.36 Å². The number of aromatic nitrogens is 1. The number of rotatable bonds is 12. The molecule has 0 fully saturated rings. The monoisotopic (exact) mass is 606 g/mol. The van der Waals surface area contributed by atoms with Gasteiger partial charge in [-0.05, 0) is 82.5 Å². The normalized spacial score (nSPS) is 14.7. The van der Waals surface area contributed by atoms with E-state index in [0.717, 1.165) is 11.1 Å². The van der Waals surface area contributed by atoms with Gasteiger partial charge < -0.3 is 23.7 Å². The Balaban J connectivity index is 1.95. The molecule has 0 N–H and O–H groups in total. The first-order chi connectivity index (χ1) is 20.7. The second-order valence-corrected chi connectivity index (χ2v) is 11.0. The third-order valence-corrected chi connectivity index (χ3v) is 7.69. The Labute approximate surface area is 255 Å². The summed E-state index contributed by atoms with van der Waals surface area (Å²) in [5.41, 5.74) is 2.79. The highest BCUT2D eigenvalue weighted by Crippen LogP contribution is 2.37. The van der Waals surface area contributed by atoms with Crippen molar-refractivity contribution in [2.75, 3.05) is 27.4 Å². The lowest BCUT2D eigenvalue weighted by Gasteiger charge is -2.25. The highest BCUT2D eigenvalue weighted by molar-refractivity contribution is 7.07. The van der Waals surface area contributed by atoms with Crippen LogP contribution >= 0.6 is 11.3 Å². The van der Waals surface area contributed by atoms with Gasteiger partial charge in [-0.2, -0.15) is 0 Å². The van der Waals surface area contributed by atoms with Gasteiger partial charge in [0.15, 0.2) is 27.8 Å². The third-order valence-electron chi connectivity index (χ3n) is 6.71. The number of allylic oxidation sites excluding steroid dienone is 2. The van der Waals surface area contributed by atoms with Gasteiger partial charge in [0.2, 0.25) is 0 Å². The molecule has 0 spiro atoms. The molecular formula is C33H38N2O7S. The molecule has 0 aliphatic carbocycles. The molecule has 10 heteroatoms. The van der Waals surface area contributed by atoms with Crippen molar-refractivity contribution in [1.29, 1.82) is 0 Å². The van der Waals surface area contributed by atoms with Crippen LogP contribution in [-0.4, -0.2) is 44.1 Å². The third kappa shape index (κ3) is 6.54. The van der Waals surface area contributed by atoms with Gasteiger partial charge in [0.25, 0.3) is 5.56 Å². The van der Waals surface area contributed by atoms with Gasteiger partial charge in [0, 0.05) is 5.56 Å². The number of benzene rings is 2. The highest BCUT2D eigenvalue weighted by Gasteiger charge is 2.34. The van der Waals surface area contributed by atoms with Crippen LogP contribution in [0, 0.1) is 0 Å². The number of hydrogen-bond acceptors (Lipinski definition) is 9. The quantitative estimate of drug-likeness (QED) is 0.217. The smallest absolute Gasteiger partial charge is 0.338 e. The zero-order chi connectivity index (χ0) is 31.3. The van der Waals surface area contributed by atoms with Crippen molar-refractivity contribution < 1.29 is 28.5 Å². The maximum atomic E-state index is 14.1. The lowest BCUT2D eigenvalue weighted by molar-refractivity contribution is -0.139. The number of esters is 1. The molecule has 9 nitrogen and oxygen atoms in total. The topological polar surface area (TPSA) is 97.6 Å². The molecule has 228 valence electrons. The van der Waals surface area contributed by atoms with Crippen molar-refractivity contribution in [2.24, 2.45) is 4.99 Å². The van der Waals surface area contributed by atoms with Crippen molar-refractivity contribution in [2.45, 2.75) is 53.2 Å². The average Bonchev–Trinajstić information content (AvgIpc) is 3.27. The molecule has 0 saturated heterocycles. The Morgan fingerprint density at radius 2 is 1.84 bits per heavy atom. The van der Waals surface area contributed by atoms with E-state index in [1.54, 1.807) is 56.9 Å². The Morgan fingerprint density at radius 1 is 1.09 bits per heavy atom. The van der Waals surface area contributed by atoms with E-state index in [9.17, 15) is 9.59 Å². The van der Waals surface area contributed by atoms with Crippen LogP contribution in [0.3, 0.4) is 0 Å². The predicted molar refractivity (Wildman–Crippen MR) is 167 cm³/mol. The number of carbonyl (C=O) groups excluding carboxylic acids is 1. The minimum absolute atomic E-state index is 0.0668. The fraction of sp³-hybridized carbons (Fsp3) is 0.364. The molecule has 1 aliphatic rings. The van der Waals surface area contributed by atoms with Gasteiger partial charge in [0.1, 0.15) is 0 Å². The summed E-state index contributed by atoms with van der Waals surface area (Å²) in [4.78, 5) is 32.5. The standard InChI is InChI=1S/C33H38N2O7S/c1-9-12-23-15-21(16-26(39-8)30(23)40-10-2)17-27-31(36)35-29(22-13-14-24(42-19(4)5)25(18-22)38-7)28(32(37)41-11-3)20(6)34-33(35)43-27/h9,13-19,29H,1,10-12H2,2-8H3/b27-17-/t29-/m0/s1. The molecule has 3 aromatic rings. The van der Waals surface area contributed by atoms with E-state index < -0.39 is 12.0 Å². The van der Waals surface area contributed by atoms with Gasteiger partial charge in [-0.15, -0.1) is 6.58 Å². The van der Waals surface area contributed by atoms with Crippen LogP contribution < -0.4 is 33.8 Å². The molecule has 1 aliphatic heterocycles. The molecule has 0 radical (unpaired) electrons. The summed E-state index contributed by atoms with van der Waals surface area (Å²) < 4.78 is 30.4. The summed E-state index contributed by atoms with van der Waals surface area (Å²) in [5.74, 6) is 1.73. The molecule has 2 aromatic carbocycles. The van der Waals surface area contributed by atoms with E-state index in [2.05, 4.69) is 11.6 Å². The van der Waals surface area contributed by atoms with Crippen molar-refractivity contribution in [3.8, 4) is 23.0 Å². The Bertz CT molecular complexity index is 1730. The molecule has 0 unspecified atom stereocenters. The van der Waals surface area contributed by atoms with E-state index in [4.69, 9.17) is 23.7 Å². The number of fused-ring (bicyclic) bond motifs is 1. The average molecular weight is 607 g/mol. The lowest BCUT2D eigenvalue weighted by atomic mass is 9.95. The molecule has 4 rings (SSSR count). The Hall–Kier alpha value is -4.31. The first kappa shape index (κ1) is 31.6. The maximum Gasteiger partial charge on any atom is 0.338 e. The SMILES string of the molecule is C=CCc1cc(/C=c2\sc3n(c2=O)[C@@H](c2ccc(OC(C)C)c(OC)c2)C(C(=O)OCC)=C(C)N=3)cc(OC)c1OCC. The van der Waals surface area contributed by atoms with Crippen LogP contribution in [-0.2, 0) is 16.0 Å². The first-order valence-corrected chi connectivity index (χ1v) is 15.0. The number of carbonyl (C=O) groups is 1. The summed E-state index contributed by atoms with van der Waals surface area (Å²) in [6, 6.07) is 8.41. The van der Waals surface area contributed by atoms with E-state index in [-0.39, 0.29) is 23.8 Å². The minimum atomic E-state index is -0.786. The second-order valence-electron chi connectivity index (χ2n) is 10.0. The molecule has 2 heterocycles. The second kappa shape index (κ2) is 13.8. The first-order valence-electron chi connectivity index (χ1n) is 14.2. The molecule has 0 amide bonds. The number of thiazole rings is 1. The van der Waals surface area contributed by atoms with Crippen molar-refractivity contribution in [3.63, 3.8) is 0 Å². The van der Waals surface area contributed by atoms with Crippen molar-refractivity contribution in [1.82, 2.24) is 4.57 Å². The summed E-state index contributed by atoms with van der Waals surface area (Å²) in [6.07, 6.45) is 4.09. The van der Waals surface area contributed by atoms with Gasteiger partial charge >= 0.3 is 5.97 Å².